The third-order valence-corrected chi connectivity index (χ3v) is 5.22. The molecule has 31 heavy (non-hydrogen) atoms. The first-order valence-electron chi connectivity index (χ1n) is 10.3. The fourth-order valence-corrected chi connectivity index (χ4v) is 3.55. The summed E-state index contributed by atoms with van der Waals surface area (Å²) in [4.78, 5) is 25.2. The summed E-state index contributed by atoms with van der Waals surface area (Å²) >= 11 is 0. The maximum atomic E-state index is 12.4. The molecule has 0 bridgehead atoms. The highest BCUT2D eigenvalue weighted by molar-refractivity contribution is 6.05. The summed E-state index contributed by atoms with van der Waals surface area (Å²) in [5, 5.41) is 9.31. The van der Waals surface area contributed by atoms with Crippen molar-refractivity contribution in [3.8, 4) is 0 Å². The zero-order valence-electron chi connectivity index (χ0n) is 17.1. The lowest BCUT2D eigenvalue weighted by atomic mass is 10.1. The quantitative estimate of drug-likeness (QED) is 0.368. The minimum Gasteiger partial charge on any atom is -0.397 e. The van der Waals surface area contributed by atoms with E-state index < -0.39 is 0 Å². The zero-order chi connectivity index (χ0) is 21.6. The molecule has 0 aliphatic heterocycles. The molecule has 7 N–H and O–H groups in total. The van der Waals surface area contributed by atoms with E-state index in [2.05, 4.69) is 30.9 Å². The van der Waals surface area contributed by atoms with Gasteiger partial charge in [0.25, 0.3) is 5.91 Å². The van der Waals surface area contributed by atoms with Crippen LogP contribution in [-0.2, 0) is 6.54 Å². The molecule has 1 fully saturated rings. The molecule has 0 unspecified atom stereocenters. The van der Waals surface area contributed by atoms with Gasteiger partial charge in [-0.3, -0.25) is 4.79 Å². The molecule has 4 rings (SSSR count). The number of nitrogens with zero attached hydrogens (tertiary/aromatic N) is 3. The van der Waals surface area contributed by atoms with E-state index in [1.807, 2.05) is 24.3 Å². The summed E-state index contributed by atoms with van der Waals surface area (Å²) in [6.45, 7) is 0.486. The lowest BCUT2D eigenvalue weighted by Gasteiger charge is -2.13. The van der Waals surface area contributed by atoms with Gasteiger partial charge in [-0.15, -0.1) is 0 Å². The normalized spacial score (nSPS) is 13.7. The third-order valence-electron chi connectivity index (χ3n) is 5.22. The number of hydrogen-bond donors (Lipinski definition) is 5. The standard InChI is InChI=1S/C22H26N8O/c23-17-7-3-4-8-18(17)27-19(31)15-11-9-14(10-12-15)13-25-21-28-20(24)29-22(30-21)26-16-5-1-2-6-16/h3-4,7-12,16H,1-2,5-6,13,23H2,(H,27,31)(H4,24,25,26,28,29,30). The van der Waals surface area contributed by atoms with Gasteiger partial charge in [0.1, 0.15) is 0 Å². The Labute approximate surface area is 180 Å². The van der Waals surface area contributed by atoms with Crippen LogP contribution in [0.2, 0.25) is 0 Å². The number of anilines is 5. The van der Waals surface area contributed by atoms with E-state index in [-0.39, 0.29) is 11.9 Å². The van der Waals surface area contributed by atoms with Gasteiger partial charge in [0.2, 0.25) is 17.8 Å². The van der Waals surface area contributed by atoms with E-state index in [4.69, 9.17) is 11.5 Å². The molecule has 1 aromatic heterocycles. The van der Waals surface area contributed by atoms with Gasteiger partial charge in [0.05, 0.1) is 11.4 Å². The Hall–Kier alpha value is -3.88. The topological polar surface area (TPSA) is 144 Å². The second-order valence-electron chi connectivity index (χ2n) is 7.56. The third kappa shape index (κ3) is 5.39. The second-order valence-corrected chi connectivity index (χ2v) is 7.56. The van der Waals surface area contributed by atoms with Crippen molar-refractivity contribution in [1.82, 2.24) is 15.0 Å². The van der Waals surface area contributed by atoms with Crippen molar-refractivity contribution in [2.24, 2.45) is 0 Å². The molecule has 0 atom stereocenters. The summed E-state index contributed by atoms with van der Waals surface area (Å²) < 4.78 is 0. The molecule has 1 aliphatic carbocycles. The Balaban J connectivity index is 1.35. The number of nitrogen functional groups attached to an aromatic ring is 2. The molecule has 1 aliphatic rings. The molecule has 9 heteroatoms. The highest BCUT2D eigenvalue weighted by Gasteiger charge is 2.16. The number of nitrogens with two attached hydrogens (primary N) is 2. The maximum absolute atomic E-state index is 12.4. The Morgan fingerprint density at radius 3 is 2.39 bits per heavy atom. The van der Waals surface area contributed by atoms with Gasteiger partial charge in [-0.1, -0.05) is 37.1 Å². The fourth-order valence-electron chi connectivity index (χ4n) is 3.55. The molecule has 160 valence electrons. The molecule has 3 aromatic rings. The predicted octanol–water partition coefficient (Wildman–Crippen LogP) is 3.25. The van der Waals surface area contributed by atoms with Crippen LogP contribution in [0.4, 0.5) is 29.2 Å². The smallest absolute Gasteiger partial charge is 0.255 e. The van der Waals surface area contributed by atoms with Crippen LogP contribution in [-0.4, -0.2) is 26.9 Å². The predicted molar refractivity (Wildman–Crippen MR) is 123 cm³/mol. The average molecular weight is 419 g/mol. The average Bonchev–Trinajstić information content (AvgIpc) is 3.27. The Kier molecular flexibility index (Phi) is 6.11. The number of carbonyl (C=O) groups is 1. The molecule has 9 nitrogen and oxygen atoms in total. The van der Waals surface area contributed by atoms with E-state index in [1.54, 1.807) is 24.3 Å². The zero-order valence-corrected chi connectivity index (χ0v) is 17.1. The summed E-state index contributed by atoms with van der Waals surface area (Å²) in [6.07, 6.45) is 4.67. The van der Waals surface area contributed by atoms with Crippen molar-refractivity contribution in [3.05, 3.63) is 59.7 Å². The molecule has 1 heterocycles. The number of para-hydroxylation sites is 2. The van der Waals surface area contributed by atoms with Crippen molar-refractivity contribution in [2.45, 2.75) is 38.3 Å². The van der Waals surface area contributed by atoms with E-state index in [1.165, 1.54) is 12.8 Å². The van der Waals surface area contributed by atoms with Crippen LogP contribution >= 0.6 is 0 Å². The van der Waals surface area contributed by atoms with Gasteiger partial charge < -0.3 is 27.4 Å². The van der Waals surface area contributed by atoms with Crippen LogP contribution < -0.4 is 27.4 Å². The van der Waals surface area contributed by atoms with Crippen LogP contribution in [0.15, 0.2) is 48.5 Å². The highest BCUT2D eigenvalue weighted by Crippen LogP contribution is 2.21. The SMILES string of the molecule is Nc1nc(NCc2ccc(C(=O)Nc3ccccc3N)cc2)nc(NC2CCCC2)n1. The van der Waals surface area contributed by atoms with Gasteiger partial charge in [0.15, 0.2) is 0 Å². The second kappa shape index (κ2) is 9.29. The maximum Gasteiger partial charge on any atom is 0.255 e. The number of benzene rings is 2. The molecule has 0 spiro atoms. The molecule has 1 saturated carbocycles. The van der Waals surface area contributed by atoms with Crippen LogP contribution in [0, 0.1) is 0 Å². The van der Waals surface area contributed by atoms with Gasteiger partial charge in [-0.2, -0.15) is 15.0 Å². The van der Waals surface area contributed by atoms with Crippen molar-refractivity contribution in [1.29, 1.82) is 0 Å². The van der Waals surface area contributed by atoms with E-state index in [0.29, 0.717) is 41.4 Å². The van der Waals surface area contributed by atoms with Crippen molar-refractivity contribution in [2.75, 3.05) is 27.4 Å². The van der Waals surface area contributed by atoms with Gasteiger partial charge >= 0.3 is 0 Å². The number of carbonyl (C=O) groups excluding carboxylic acids is 1. The first-order chi connectivity index (χ1) is 15.1. The minimum absolute atomic E-state index is 0.171. The number of rotatable bonds is 7. The van der Waals surface area contributed by atoms with Gasteiger partial charge in [0, 0.05) is 18.2 Å². The summed E-state index contributed by atoms with van der Waals surface area (Å²) in [5.74, 6) is 0.860. The summed E-state index contributed by atoms with van der Waals surface area (Å²) in [7, 11) is 0. The van der Waals surface area contributed by atoms with Crippen molar-refractivity contribution < 1.29 is 4.79 Å². The Morgan fingerprint density at radius 2 is 1.65 bits per heavy atom. The van der Waals surface area contributed by atoms with Crippen LogP contribution in [0.5, 0.6) is 0 Å². The monoisotopic (exact) mass is 418 g/mol. The largest absolute Gasteiger partial charge is 0.397 e. The molecule has 1 amide bonds. The summed E-state index contributed by atoms with van der Waals surface area (Å²) in [6, 6.07) is 14.8. The Bertz CT molecular complexity index is 1050. The van der Waals surface area contributed by atoms with Crippen molar-refractivity contribution in [3.63, 3.8) is 0 Å². The number of amides is 1. The molecule has 2 aromatic carbocycles. The minimum atomic E-state index is -0.217. The first kappa shape index (κ1) is 20.4. The van der Waals surface area contributed by atoms with Gasteiger partial charge in [-0.05, 0) is 42.7 Å². The fraction of sp³-hybridized carbons (Fsp3) is 0.273. The molecular formula is C22H26N8O. The lowest BCUT2D eigenvalue weighted by Crippen LogP contribution is -2.18. The van der Waals surface area contributed by atoms with E-state index in [9.17, 15) is 4.79 Å². The van der Waals surface area contributed by atoms with Gasteiger partial charge in [-0.25, -0.2) is 0 Å². The number of nitrogens with one attached hydrogen (secondary N) is 3. The van der Waals surface area contributed by atoms with E-state index in [0.717, 1.165) is 18.4 Å². The molecule has 0 saturated heterocycles. The highest BCUT2D eigenvalue weighted by atomic mass is 16.1. The van der Waals surface area contributed by atoms with Crippen LogP contribution in [0.1, 0.15) is 41.6 Å². The Morgan fingerprint density at radius 1 is 0.935 bits per heavy atom. The van der Waals surface area contributed by atoms with E-state index >= 15 is 0 Å². The molecular weight excluding hydrogens is 392 g/mol. The lowest BCUT2D eigenvalue weighted by molar-refractivity contribution is 0.102. The van der Waals surface area contributed by atoms with Crippen molar-refractivity contribution >= 4 is 35.1 Å². The van der Waals surface area contributed by atoms with Crippen LogP contribution in [0.25, 0.3) is 0 Å². The summed E-state index contributed by atoms with van der Waals surface area (Å²) in [5.41, 5.74) is 14.3. The van der Waals surface area contributed by atoms with Crippen LogP contribution in [0.3, 0.4) is 0 Å². The number of hydrogen-bond acceptors (Lipinski definition) is 8. The molecule has 0 radical (unpaired) electrons. The number of aromatic nitrogens is 3. The first-order valence-corrected chi connectivity index (χ1v) is 10.3.